The van der Waals surface area contributed by atoms with E-state index in [1.165, 1.54) is 47.3 Å². The SMILES string of the molecule is Cn1nc(CN2CCN(c3nc4cnccc4s3)CC2)c2c1CCCC2. The van der Waals surface area contributed by atoms with Crippen LogP contribution in [-0.2, 0) is 26.4 Å². The molecule has 1 saturated heterocycles. The van der Waals surface area contributed by atoms with Crippen LogP contribution in [0.4, 0.5) is 5.13 Å². The minimum atomic E-state index is 0.987. The number of aryl methyl sites for hydroxylation is 1. The van der Waals surface area contributed by atoms with Gasteiger partial charge in [-0.25, -0.2) is 4.98 Å². The molecule has 0 aromatic carbocycles. The minimum absolute atomic E-state index is 0.987. The van der Waals surface area contributed by atoms with Gasteiger partial charge in [-0.3, -0.25) is 14.6 Å². The van der Waals surface area contributed by atoms with Gasteiger partial charge in [0, 0.05) is 51.7 Å². The van der Waals surface area contributed by atoms with E-state index in [-0.39, 0.29) is 0 Å². The van der Waals surface area contributed by atoms with Gasteiger partial charge in [0.2, 0.25) is 0 Å². The molecular weight excluding hydrogens is 344 g/mol. The topological polar surface area (TPSA) is 50.1 Å². The quantitative estimate of drug-likeness (QED) is 0.711. The van der Waals surface area contributed by atoms with Gasteiger partial charge < -0.3 is 4.90 Å². The largest absolute Gasteiger partial charge is 0.345 e. The Bertz CT molecular complexity index is 888. The van der Waals surface area contributed by atoms with Gasteiger partial charge in [-0.2, -0.15) is 5.10 Å². The molecule has 26 heavy (non-hydrogen) atoms. The highest BCUT2D eigenvalue weighted by atomic mass is 32.1. The molecule has 3 aromatic heterocycles. The van der Waals surface area contributed by atoms with Gasteiger partial charge in [0.15, 0.2) is 5.13 Å². The van der Waals surface area contributed by atoms with Crippen LogP contribution in [0, 0.1) is 0 Å². The summed E-state index contributed by atoms with van der Waals surface area (Å²) >= 11 is 1.77. The number of hydrogen-bond donors (Lipinski definition) is 0. The zero-order valence-electron chi connectivity index (χ0n) is 15.2. The van der Waals surface area contributed by atoms with Crippen molar-refractivity contribution in [1.82, 2.24) is 24.6 Å². The van der Waals surface area contributed by atoms with Crippen molar-refractivity contribution in [2.24, 2.45) is 7.05 Å². The Morgan fingerprint density at radius 3 is 2.81 bits per heavy atom. The van der Waals surface area contributed by atoms with Gasteiger partial charge in [0.1, 0.15) is 5.52 Å². The van der Waals surface area contributed by atoms with Crippen LogP contribution in [0.2, 0.25) is 0 Å². The van der Waals surface area contributed by atoms with Gasteiger partial charge >= 0.3 is 0 Å². The second-order valence-corrected chi connectivity index (χ2v) is 8.31. The summed E-state index contributed by atoms with van der Waals surface area (Å²) in [5, 5.41) is 5.96. The van der Waals surface area contributed by atoms with E-state index >= 15 is 0 Å². The number of anilines is 1. The summed E-state index contributed by atoms with van der Waals surface area (Å²) in [4.78, 5) is 13.9. The fourth-order valence-electron chi connectivity index (χ4n) is 4.20. The first-order valence-corrected chi connectivity index (χ1v) is 10.3. The summed E-state index contributed by atoms with van der Waals surface area (Å²) in [5.41, 5.74) is 5.31. The van der Waals surface area contributed by atoms with Gasteiger partial charge in [0.25, 0.3) is 0 Å². The predicted octanol–water partition coefficient (Wildman–Crippen LogP) is 2.63. The van der Waals surface area contributed by atoms with Crippen LogP contribution in [-0.4, -0.2) is 50.8 Å². The molecule has 1 aliphatic heterocycles. The van der Waals surface area contributed by atoms with E-state index in [1.54, 1.807) is 11.3 Å². The number of aromatic nitrogens is 4. The number of hydrogen-bond acceptors (Lipinski definition) is 6. The van der Waals surface area contributed by atoms with Crippen molar-refractivity contribution in [3.8, 4) is 0 Å². The lowest BCUT2D eigenvalue weighted by molar-refractivity contribution is 0.246. The molecule has 3 aromatic rings. The number of fused-ring (bicyclic) bond motifs is 2. The van der Waals surface area contributed by atoms with Gasteiger partial charge in [-0.15, -0.1) is 0 Å². The number of piperazine rings is 1. The molecule has 5 rings (SSSR count). The molecule has 4 heterocycles. The standard InChI is InChI=1S/C19H24N6S/c1-23-17-5-3-2-4-14(17)16(22-23)13-24-8-10-25(11-9-24)19-21-15-12-20-7-6-18(15)26-19/h6-7,12H,2-5,8-11,13H2,1H3. The Labute approximate surface area is 157 Å². The first-order chi connectivity index (χ1) is 12.8. The third kappa shape index (κ3) is 2.89. The van der Waals surface area contributed by atoms with Gasteiger partial charge in [-0.1, -0.05) is 11.3 Å². The van der Waals surface area contributed by atoms with E-state index in [9.17, 15) is 0 Å². The molecule has 0 amide bonds. The fraction of sp³-hybridized carbons (Fsp3) is 0.526. The summed E-state index contributed by atoms with van der Waals surface area (Å²) in [6.07, 6.45) is 8.72. The van der Waals surface area contributed by atoms with Crippen molar-refractivity contribution in [3.05, 3.63) is 35.4 Å². The molecule has 7 heteroatoms. The lowest BCUT2D eigenvalue weighted by Gasteiger charge is -2.34. The molecule has 0 bridgehead atoms. The summed E-state index contributed by atoms with van der Waals surface area (Å²) in [6, 6.07) is 2.05. The Hall–Kier alpha value is -1.99. The maximum absolute atomic E-state index is 4.84. The van der Waals surface area contributed by atoms with Crippen molar-refractivity contribution < 1.29 is 0 Å². The van der Waals surface area contributed by atoms with E-state index in [1.807, 2.05) is 12.4 Å². The molecule has 2 aliphatic rings. The fourth-order valence-corrected chi connectivity index (χ4v) is 5.18. The molecule has 0 saturated carbocycles. The highest BCUT2D eigenvalue weighted by Gasteiger charge is 2.24. The molecule has 0 radical (unpaired) electrons. The van der Waals surface area contributed by atoms with Crippen LogP contribution < -0.4 is 4.90 Å². The summed E-state index contributed by atoms with van der Waals surface area (Å²) in [6.45, 7) is 5.18. The summed E-state index contributed by atoms with van der Waals surface area (Å²) < 4.78 is 3.34. The lowest BCUT2D eigenvalue weighted by Crippen LogP contribution is -2.46. The number of rotatable bonds is 3. The minimum Gasteiger partial charge on any atom is -0.345 e. The Kier molecular flexibility index (Phi) is 4.13. The average molecular weight is 369 g/mol. The van der Waals surface area contributed by atoms with Crippen LogP contribution in [0.25, 0.3) is 10.2 Å². The molecule has 0 atom stereocenters. The predicted molar refractivity (Wildman–Crippen MR) is 105 cm³/mol. The van der Waals surface area contributed by atoms with E-state index in [0.717, 1.165) is 43.4 Å². The first kappa shape index (κ1) is 16.2. The molecule has 136 valence electrons. The zero-order chi connectivity index (χ0) is 17.5. The molecule has 1 aliphatic carbocycles. The van der Waals surface area contributed by atoms with Crippen molar-refractivity contribution in [1.29, 1.82) is 0 Å². The second-order valence-electron chi connectivity index (χ2n) is 7.31. The van der Waals surface area contributed by atoms with Crippen LogP contribution >= 0.6 is 11.3 Å². The van der Waals surface area contributed by atoms with Crippen LogP contribution in [0.15, 0.2) is 18.5 Å². The molecular formula is C19H24N6S. The monoisotopic (exact) mass is 368 g/mol. The Balaban J connectivity index is 1.26. The molecule has 0 N–H and O–H groups in total. The van der Waals surface area contributed by atoms with Crippen LogP contribution in [0.3, 0.4) is 0 Å². The normalized spacial score (nSPS) is 18.4. The van der Waals surface area contributed by atoms with Gasteiger partial charge in [0.05, 0.1) is 16.6 Å². The van der Waals surface area contributed by atoms with E-state index in [0.29, 0.717) is 0 Å². The van der Waals surface area contributed by atoms with Gasteiger partial charge in [-0.05, 0) is 37.3 Å². The van der Waals surface area contributed by atoms with Crippen molar-refractivity contribution >= 4 is 26.7 Å². The second kappa shape index (κ2) is 6.63. The van der Waals surface area contributed by atoms with E-state index in [4.69, 9.17) is 10.1 Å². The highest BCUT2D eigenvalue weighted by Crippen LogP contribution is 2.29. The molecule has 0 unspecified atom stereocenters. The third-order valence-corrected chi connectivity index (χ3v) is 6.74. The van der Waals surface area contributed by atoms with E-state index in [2.05, 4.69) is 32.6 Å². The zero-order valence-corrected chi connectivity index (χ0v) is 16.0. The number of pyridine rings is 1. The third-order valence-electron chi connectivity index (χ3n) is 5.64. The van der Waals surface area contributed by atoms with Crippen LogP contribution in [0.1, 0.15) is 29.8 Å². The van der Waals surface area contributed by atoms with Crippen LogP contribution in [0.5, 0.6) is 0 Å². The average Bonchev–Trinajstić information content (AvgIpc) is 3.24. The van der Waals surface area contributed by atoms with Crippen molar-refractivity contribution in [2.45, 2.75) is 32.2 Å². The number of thiazole rings is 1. The molecule has 1 fully saturated rings. The Morgan fingerprint density at radius 1 is 1.12 bits per heavy atom. The molecule has 6 nitrogen and oxygen atoms in total. The number of nitrogens with zero attached hydrogens (tertiary/aromatic N) is 6. The highest BCUT2D eigenvalue weighted by molar-refractivity contribution is 7.22. The maximum Gasteiger partial charge on any atom is 0.186 e. The van der Waals surface area contributed by atoms with E-state index < -0.39 is 0 Å². The smallest absolute Gasteiger partial charge is 0.186 e. The summed E-state index contributed by atoms with van der Waals surface area (Å²) in [7, 11) is 2.10. The van der Waals surface area contributed by atoms with Crippen molar-refractivity contribution in [2.75, 3.05) is 31.1 Å². The summed E-state index contributed by atoms with van der Waals surface area (Å²) in [5.74, 6) is 0. The lowest BCUT2D eigenvalue weighted by atomic mass is 9.95. The first-order valence-electron chi connectivity index (χ1n) is 9.49. The van der Waals surface area contributed by atoms with Crippen molar-refractivity contribution in [3.63, 3.8) is 0 Å². The maximum atomic E-state index is 4.84. The Morgan fingerprint density at radius 2 is 1.96 bits per heavy atom. The molecule has 0 spiro atoms.